The van der Waals surface area contributed by atoms with Crippen molar-refractivity contribution in [2.24, 2.45) is 7.05 Å². The number of benzene rings is 1. The molecule has 4 aromatic rings. The summed E-state index contributed by atoms with van der Waals surface area (Å²) >= 11 is 0. The maximum atomic E-state index is 14.7. The summed E-state index contributed by atoms with van der Waals surface area (Å²) in [5.41, 5.74) is 3.81. The standard InChI is InChI=1S/C21H17FN6O/c1-27-12-16(11-25-27)28-18-7-20(17(22)6-15(18)10-26-28)29-19-4-2-3-14-5-13(8-23)9-24-21(14)19/h5-7,9-12,19H,2-4H2,1H3. The van der Waals surface area contributed by atoms with Gasteiger partial charge in [0.2, 0.25) is 0 Å². The van der Waals surface area contributed by atoms with E-state index in [1.807, 2.05) is 19.3 Å². The number of halogens is 1. The minimum atomic E-state index is -0.441. The van der Waals surface area contributed by atoms with Gasteiger partial charge in [0.05, 0.1) is 35.4 Å². The lowest BCUT2D eigenvalue weighted by Crippen LogP contribution is -2.17. The van der Waals surface area contributed by atoms with E-state index < -0.39 is 5.82 Å². The van der Waals surface area contributed by atoms with Gasteiger partial charge in [0.15, 0.2) is 11.6 Å². The molecule has 29 heavy (non-hydrogen) atoms. The summed E-state index contributed by atoms with van der Waals surface area (Å²) < 4.78 is 24.2. The Bertz CT molecular complexity index is 1270. The van der Waals surface area contributed by atoms with Gasteiger partial charge in [-0.3, -0.25) is 9.67 Å². The van der Waals surface area contributed by atoms with E-state index in [0.717, 1.165) is 41.7 Å². The van der Waals surface area contributed by atoms with Crippen LogP contribution in [0, 0.1) is 17.1 Å². The van der Waals surface area contributed by atoms with Gasteiger partial charge in [0.25, 0.3) is 0 Å². The lowest BCUT2D eigenvalue weighted by atomic mass is 9.93. The smallest absolute Gasteiger partial charge is 0.165 e. The highest BCUT2D eigenvalue weighted by Gasteiger charge is 2.25. The van der Waals surface area contributed by atoms with Crippen molar-refractivity contribution in [3.63, 3.8) is 0 Å². The fourth-order valence-electron chi connectivity index (χ4n) is 3.80. The molecule has 0 saturated carbocycles. The van der Waals surface area contributed by atoms with Crippen molar-refractivity contribution in [2.75, 3.05) is 0 Å². The highest BCUT2D eigenvalue weighted by atomic mass is 19.1. The van der Waals surface area contributed by atoms with Crippen LogP contribution in [0.4, 0.5) is 4.39 Å². The van der Waals surface area contributed by atoms with Crippen molar-refractivity contribution in [1.82, 2.24) is 24.5 Å². The lowest BCUT2D eigenvalue weighted by Gasteiger charge is -2.25. The second-order valence-corrected chi connectivity index (χ2v) is 7.15. The molecule has 0 saturated heterocycles. The average Bonchev–Trinajstić information content (AvgIpc) is 3.33. The highest BCUT2D eigenvalue weighted by Crippen LogP contribution is 2.35. The summed E-state index contributed by atoms with van der Waals surface area (Å²) in [6, 6.07) is 7.05. The van der Waals surface area contributed by atoms with E-state index >= 15 is 0 Å². The third-order valence-corrected chi connectivity index (χ3v) is 5.17. The van der Waals surface area contributed by atoms with Crippen molar-refractivity contribution in [3.05, 3.63) is 65.6 Å². The van der Waals surface area contributed by atoms with Crippen molar-refractivity contribution in [2.45, 2.75) is 25.4 Å². The molecule has 8 heteroatoms. The largest absolute Gasteiger partial charge is 0.481 e. The monoisotopic (exact) mass is 388 g/mol. The molecule has 0 N–H and O–H groups in total. The number of hydrogen-bond donors (Lipinski definition) is 0. The maximum absolute atomic E-state index is 14.7. The molecule has 1 unspecified atom stereocenters. The number of nitriles is 1. The van der Waals surface area contributed by atoms with Crippen LogP contribution in [0.2, 0.25) is 0 Å². The number of pyridine rings is 1. The van der Waals surface area contributed by atoms with E-state index in [-0.39, 0.29) is 11.9 Å². The van der Waals surface area contributed by atoms with Gasteiger partial charge in [-0.2, -0.15) is 15.5 Å². The van der Waals surface area contributed by atoms with E-state index in [1.165, 1.54) is 12.3 Å². The fraction of sp³-hybridized carbons (Fsp3) is 0.238. The van der Waals surface area contributed by atoms with Crippen LogP contribution in [0.5, 0.6) is 5.75 Å². The molecule has 0 radical (unpaired) electrons. The van der Waals surface area contributed by atoms with Crippen LogP contribution in [0.15, 0.2) is 43.0 Å². The van der Waals surface area contributed by atoms with Crippen LogP contribution < -0.4 is 4.74 Å². The van der Waals surface area contributed by atoms with Crippen LogP contribution in [-0.2, 0) is 13.5 Å². The molecule has 0 aliphatic heterocycles. The molecule has 0 amide bonds. The molecule has 1 aliphatic rings. The number of fused-ring (bicyclic) bond motifs is 2. The number of aromatic nitrogens is 5. The van der Waals surface area contributed by atoms with Crippen LogP contribution in [0.1, 0.15) is 35.8 Å². The first-order chi connectivity index (χ1) is 14.1. The number of nitrogens with zero attached hydrogens (tertiary/aromatic N) is 6. The second kappa shape index (κ2) is 6.71. The zero-order valence-corrected chi connectivity index (χ0v) is 15.7. The van der Waals surface area contributed by atoms with E-state index in [4.69, 9.17) is 10.00 Å². The Balaban J connectivity index is 1.53. The molecule has 3 heterocycles. The first-order valence-electron chi connectivity index (χ1n) is 9.34. The SMILES string of the molecule is Cn1cc(-n2ncc3cc(F)c(OC4CCCc5cc(C#N)cnc54)cc32)cn1. The first-order valence-corrected chi connectivity index (χ1v) is 9.34. The highest BCUT2D eigenvalue weighted by molar-refractivity contribution is 5.82. The van der Waals surface area contributed by atoms with Crippen LogP contribution in [0.3, 0.4) is 0 Å². The molecule has 0 spiro atoms. The number of ether oxygens (including phenoxy) is 1. The Morgan fingerprint density at radius 1 is 1.21 bits per heavy atom. The summed E-state index contributed by atoms with van der Waals surface area (Å²) in [4.78, 5) is 4.42. The van der Waals surface area contributed by atoms with E-state index in [2.05, 4.69) is 21.3 Å². The minimum Gasteiger partial charge on any atom is -0.481 e. The van der Waals surface area contributed by atoms with Gasteiger partial charge >= 0.3 is 0 Å². The minimum absolute atomic E-state index is 0.159. The summed E-state index contributed by atoms with van der Waals surface area (Å²) in [5, 5.41) is 18.3. The molecule has 144 valence electrons. The predicted molar refractivity (Wildman–Crippen MR) is 103 cm³/mol. The van der Waals surface area contributed by atoms with Gasteiger partial charge in [0, 0.05) is 24.7 Å². The predicted octanol–water partition coefficient (Wildman–Crippen LogP) is 3.62. The number of rotatable bonds is 3. The summed E-state index contributed by atoms with van der Waals surface area (Å²) in [5.74, 6) is -0.281. The Kier molecular flexibility index (Phi) is 4.02. The second-order valence-electron chi connectivity index (χ2n) is 7.15. The molecule has 0 fully saturated rings. The molecule has 3 aromatic heterocycles. The van der Waals surface area contributed by atoms with Gasteiger partial charge in [0.1, 0.15) is 17.9 Å². The Morgan fingerprint density at radius 3 is 2.90 bits per heavy atom. The van der Waals surface area contributed by atoms with E-state index in [1.54, 1.807) is 27.8 Å². The van der Waals surface area contributed by atoms with Gasteiger partial charge in [-0.1, -0.05) is 0 Å². The maximum Gasteiger partial charge on any atom is 0.165 e. The normalized spacial score (nSPS) is 15.8. The number of aryl methyl sites for hydroxylation is 2. The summed E-state index contributed by atoms with van der Waals surface area (Å²) in [7, 11) is 1.83. The third-order valence-electron chi connectivity index (χ3n) is 5.17. The topological polar surface area (TPSA) is 81.5 Å². The summed E-state index contributed by atoms with van der Waals surface area (Å²) in [6.45, 7) is 0. The van der Waals surface area contributed by atoms with Crippen LogP contribution in [-0.4, -0.2) is 24.5 Å². The lowest BCUT2D eigenvalue weighted by molar-refractivity contribution is 0.171. The molecule has 0 bridgehead atoms. The first kappa shape index (κ1) is 17.4. The van der Waals surface area contributed by atoms with Gasteiger partial charge in [-0.05, 0) is 37.0 Å². The average molecular weight is 388 g/mol. The van der Waals surface area contributed by atoms with E-state index in [0.29, 0.717) is 10.9 Å². The van der Waals surface area contributed by atoms with Crippen LogP contribution in [0.25, 0.3) is 16.6 Å². The molecule has 1 aliphatic carbocycles. The van der Waals surface area contributed by atoms with E-state index in [9.17, 15) is 4.39 Å². The van der Waals surface area contributed by atoms with Gasteiger partial charge in [-0.25, -0.2) is 9.07 Å². The Labute approximate surface area is 166 Å². The van der Waals surface area contributed by atoms with Crippen molar-refractivity contribution < 1.29 is 9.13 Å². The van der Waals surface area contributed by atoms with Crippen molar-refractivity contribution >= 4 is 10.9 Å². The summed E-state index contributed by atoms with van der Waals surface area (Å²) in [6.07, 6.45) is 8.82. The Hall–Kier alpha value is -3.73. The molecule has 1 atom stereocenters. The van der Waals surface area contributed by atoms with Crippen molar-refractivity contribution in [1.29, 1.82) is 5.26 Å². The molecule has 5 rings (SSSR count). The fourth-order valence-corrected chi connectivity index (χ4v) is 3.80. The van der Waals surface area contributed by atoms with Gasteiger partial charge < -0.3 is 4.74 Å². The molecular formula is C21H17FN6O. The third kappa shape index (κ3) is 3.01. The molecule has 7 nitrogen and oxygen atoms in total. The molecular weight excluding hydrogens is 371 g/mol. The quantitative estimate of drug-likeness (QED) is 0.535. The zero-order chi connectivity index (χ0) is 20.0. The molecule has 1 aromatic carbocycles. The number of hydrogen-bond acceptors (Lipinski definition) is 5. The van der Waals surface area contributed by atoms with Gasteiger partial charge in [-0.15, -0.1) is 0 Å². The van der Waals surface area contributed by atoms with Crippen molar-refractivity contribution in [3.8, 4) is 17.5 Å². The Morgan fingerprint density at radius 2 is 2.10 bits per heavy atom. The van der Waals surface area contributed by atoms with Crippen LogP contribution >= 0.6 is 0 Å². The zero-order valence-electron chi connectivity index (χ0n) is 15.7.